The molecule has 0 saturated carbocycles. The molecule has 0 bridgehead atoms. The molecular weight excluding hydrogens is 402 g/mol. The van der Waals surface area contributed by atoms with Crippen LogP contribution < -0.4 is 14.4 Å². The number of hydrogen-bond donors (Lipinski definition) is 1. The number of nitrogens with zero attached hydrogens (tertiary/aromatic N) is 3. The van der Waals surface area contributed by atoms with Gasteiger partial charge in [-0.05, 0) is 41.8 Å². The van der Waals surface area contributed by atoms with Gasteiger partial charge in [-0.3, -0.25) is 0 Å². The van der Waals surface area contributed by atoms with Gasteiger partial charge in [0.05, 0.1) is 18.7 Å². The maximum absolute atomic E-state index is 10.0. The zero-order valence-electron chi connectivity index (χ0n) is 18.4. The van der Waals surface area contributed by atoms with Crippen molar-refractivity contribution in [2.45, 2.75) is 38.9 Å². The molecule has 1 aliphatic heterocycles. The number of benzene rings is 2. The summed E-state index contributed by atoms with van der Waals surface area (Å²) < 4.78 is 12.2. The number of aromatic nitrogens is 1. The van der Waals surface area contributed by atoms with Crippen molar-refractivity contribution >= 4 is 5.69 Å². The highest BCUT2D eigenvalue weighted by molar-refractivity contribution is 5.57. The monoisotopic (exact) mass is 429 g/mol. The highest BCUT2D eigenvalue weighted by Gasteiger charge is 2.26. The summed E-state index contributed by atoms with van der Waals surface area (Å²) in [5.41, 5.74) is 3.46. The van der Waals surface area contributed by atoms with Crippen molar-refractivity contribution in [1.29, 1.82) is 5.26 Å². The van der Waals surface area contributed by atoms with E-state index in [0.717, 1.165) is 35.5 Å². The number of ether oxygens (including phenoxy) is 2. The molecular formula is C26H27N3O3. The maximum atomic E-state index is 10.0. The number of rotatable bonds is 7. The lowest BCUT2D eigenvalue weighted by Gasteiger charge is -2.22. The van der Waals surface area contributed by atoms with E-state index >= 15 is 0 Å². The summed E-state index contributed by atoms with van der Waals surface area (Å²) in [7, 11) is 0. The number of nitriles is 1. The normalized spacial score (nSPS) is 15.6. The van der Waals surface area contributed by atoms with E-state index in [1.54, 1.807) is 12.1 Å². The molecule has 4 rings (SSSR count). The van der Waals surface area contributed by atoms with Crippen LogP contribution in [0.4, 0.5) is 5.69 Å². The minimum atomic E-state index is -0.0719. The summed E-state index contributed by atoms with van der Waals surface area (Å²) in [6.45, 7) is 5.74. The second kappa shape index (κ2) is 9.71. The van der Waals surface area contributed by atoms with Crippen LogP contribution in [-0.4, -0.2) is 29.3 Å². The molecule has 32 heavy (non-hydrogen) atoms. The second-order valence-electron chi connectivity index (χ2n) is 8.21. The average molecular weight is 430 g/mol. The molecule has 1 unspecified atom stereocenters. The summed E-state index contributed by atoms with van der Waals surface area (Å²) in [5.74, 6) is 2.42. The van der Waals surface area contributed by atoms with Gasteiger partial charge in [0.1, 0.15) is 23.7 Å². The maximum Gasteiger partial charge on any atom is 0.213 e. The van der Waals surface area contributed by atoms with Gasteiger partial charge in [-0.2, -0.15) is 5.26 Å². The highest BCUT2D eigenvalue weighted by atomic mass is 16.5. The molecule has 164 valence electrons. The van der Waals surface area contributed by atoms with E-state index in [4.69, 9.17) is 14.7 Å². The Morgan fingerprint density at radius 2 is 2.03 bits per heavy atom. The van der Waals surface area contributed by atoms with Crippen molar-refractivity contribution in [3.05, 3.63) is 77.5 Å². The van der Waals surface area contributed by atoms with Gasteiger partial charge in [-0.1, -0.05) is 32.0 Å². The molecule has 2 heterocycles. The van der Waals surface area contributed by atoms with Crippen molar-refractivity contribution in [3.63, 3.8) is 0 Å². The Morgan fingerprint density at radius 1 is 1.19 bits per heavy atom. The summed E-state index contributed by atoms with van der Waals surface area (Å²) in [6, 6.07) is 19.4. The van der Waals surface area contributed by atoms with Crippen LogP contribution >= 0.6 is 0 Å². The SMILES string of the molecule is CC(C)c1ccccc1Oc1ccc(N2CCC(Oc3ccc(C#N)cn3)C2)c(CO)c1. The van der Waals surface area contributed by atoms with Crippen LogP contribution in [0.3, 0.4) is 0 Å². The van der Waals surface area contributed by atoms with Crippen molar-refractivity contribution in [2.24, 2.45) is 0 Å². The van der Waals surface area contributed by atoms with Crippen LogP contribution in [-0.2, 0) is 6.61 Å². The number of pyridine rings is 1. The predicted molar refractivity (Wildman–Crippen MR) is 123 cm³/mol. The van der Waals surface area contributed by atoms with E-state index in [0.29, 0.717) is 29.7 Å². The molecule has 6 heteroatoms. The molecule has 1 aromatic heterocycles. The summed E-state index contributed by atoms with van der Waals surface area (Å²) in [6.07, 6.45) is 2.37. The molecule has 0 radical (unpaired) electrons. The first-order valence-corrected chi connectivity index (χ1v) is 10.9. The summed E-state index contributed by atoms with van der Waals surface area (Å²) in [4.78, 5) is 6.41. The van der Waals surface area contributed by atoms with E-state index in [-0.39, 0.29) is 12.7 Å². The Labute approximate surface area is 188 Å². The first-order valence-electron chi connectivity index (χ1n) is 10.9. The third-order valence-electron chi connectivity index (χ3n) is 5.63. The first-order chi connectivity index (χ1) is 15.6. The lowest BCUT2D eigenvalue weighted by Crippen LogP contribution is -2.25. The Bertz CT molecular complexity index is 1110. The topological polar surface area (TPSA) is 78.6 Å². The largest absolute Gasteiger partial charge is 0.472 e. The standard InChI is InChI=1S/C26H27N3O3/c1-18(2)23-5-3-4-6-25(23)31-21-8-9-24(20(13-21)17-30)29-12-11-22(16-29)32-26-10-7-19(14-27)15-28-26/h3-10,13,15,18,22,30H,11-12,16-17H2,1-2H3. The van der Waals surface area contributed by atoms with Crippen LogP contribution in [0.1, 0.15) is 42.9 Å². The summed E-state index contributed by atoms with van der Waals surface area (Å²) >= 11 is 0. The zero-order chi connectivity index (χ0) is 22.5. The van der Waals surface area contributed by atoms with Crippen LogP contribution in [0.5, 0.6) is 17.4 Å². The number of hydrogen-bond acceptors (Lipinski definition) is 6. The fourth-order valence-corrected chi connectivity index (χ4v) is 3.97. The number of aliphatic hydroxyl groups is 1. The minimum Gasteiger partial charge on any atom is -0.472 e. The molecule has 0 spiro atoms. The minimum absolute atomic E-state index is 0.00387. The van der Waals surface area contributed by atoms with Crippen molar-refractivity contribution < 1.29 is 14.6 Å². The quantitative estimate of drug-likeness (QED) is 0.568. The van der Waals surface area contributed by atoms with Crippen LogP contribution in [0.25, 0.3) is 0 Å². The fourth-order valence-electron chi connectivity index (χ4n) is 3.97. The van der Waals surface area contributed by atoms with Crippen molar-refractivity contribution in [1.82, 2.24) is 4.98 Å². The Balaban J connectivity index is 1.46. The zero-order valence-corrected chi connectivity index (χ0v) is 18.4. The first kappa shape index (κ1) is 21.7. The van der Waals surface area contributed by atoms with Crippen LogP contribution in [0.2, 0.25) is 0 Å². The molecule has 3 aromatic rings. The second-order valence-corrected chi connectivity index (χ2v) is 8.21. The van der Waals surface area contributed by atoms with Gasteiger partial charge >= 0.3 is 0 Å². The van der Waals surface area contributed by atoms with Gasteiger partial charge in [-0.15, -0.1) is 0 Å². The van der Waals surface area contributed by atoms with Crippen LogP contribution in [0, 0.1) is 11.3 Å². The number of anilines is 1. The molecule has 1 aliphatic rings. The van der Waals surface area contributed by atoms with E-state index in [1.165, 1.54) is 6.20 Å². The number of para-hydroxylation sites is 1. The highest BCUT2D eigenvalue weighted by Crippen LogP contribution is 2.34. The molecule has 0 amide bonds. The molecule has 2 aromatic carbocycles. The third kappa shape index (κ3) is 4.84. The summed E-state index contributed by atoms with van der Waals surface area (Å²) in [5, 5.41) is 18.9. The van der Waals surface area contributed by atoms with E-state index in [9.17, 15) is 5.11 Å². The number of aliphatic hydroxyl groups excluding tert-OH is 1. The molecule has 1 saturated heterocycles. The van der Waals surface area contributed by atoms with Crippen LogP contribution in [0.15, 0.2) is 60.8 Å². The van der Waals surface area contributed by atoms with Gasteiger partial charge < -0.3 is 19.5 Å². The van der Waals surface area contributed by atoms with Crippen molar-refractivity contribution in [2.75, 3.05) is 18.0 Å². The third-order valence-corrected chi connectivity index (χ3v) is 5.63. The lowest BCUT2D eigenvalue weighted by molar-refractivity contribution is 0.216. The van der Waals surface area contributed by atoms with Gasteiger partial charge in [-0.25, -0.2) is 4.98 Å². The lowest BCUT2D eigenvalue weighted by atomic mass is 10.0. The molecule has 6 nitrogen and oxygen atoms in total. The van der Waals surface area contributed by atoms with E-state index < -0.39 is 0 Å². The molecule has 1 fully saturated rings. The Kier molecular flexibility index (Phi) is 6.58. The smallest absolute Gasteiger partial charge is 0.213 e. The molecule has 1 atom stereocenters. The van der Waals surface area contributed by atoms with E-state index in [1.807, 2.05) is 36.4 Å². The molecule has 0 aliphatic carbocycles. The molecule has 1 N–H and O–H groups in total. The fraction of sp³-hybridized carbons (Fsp3) is 0.308. The van der Waals surface area contributed by atoms with Gasteiger partial charge in [0.2, 0.25) is 5.88 Å². The Morgan fingerprint density at radius 3 is 2.75 bits per heavy atom. The Hall–Kier alpha value is -3.56. The van der Waals surface area contributed by atoms with Crippen molar-refractivity contribution in [3.8, 4) is 23.4 Å². The van der Waals surface area contributed by atoms with Gasteiger partial charge in [0, 0.05) is 36.5 Å². The predicted octanol–water partition coefficient (Wildman–Crippen LogP) is 5.02. The van der Waals surface area contributed by atoms with Gasteiger partial charge in [0.15, 0.2) is 0 Å². The van der Waals surface area contributed by atoms with Gasteiger partial charge in [0.25, 0.3) is 0 Å². The van der Waals surface area contributed by atoms with E-state index in [2.05, 4.69) is 35.9 Å². The average Bonchev–Trinajstić information content (AvgIpc) is 3.28.